The zero-order chi connectivity index (χ0) is 48.8. The van der Waals surface area contributed by atoms with E-state index in [1.54, 1.807) is 0 Å². The van der Waals surface area contributed by atoms with E-state index in [1.807, 2.05) is 13.8 Å². The molecule has 1 fully saturated rings. The Morgan fingerprint density at radius 2 is 0.955 bits per heavy atom. The second-order valence-corrected chi connectivity index (χ2v) is 20.4. The average molecular weight is 938 g/mol. The van der Waals surface area contributed by atoms with E-state index >= 15 is 0 Å². The molecule has 0 saturated carbocycles. The predicted octanol–water partition coefficient (Wildman–Crippen LogP) is 11.4. The molecule has 7 N–H and O–H groups in total. The third kappa shape index (κ3) is 27.8. The van der Waals surface area contributed by atoms with Crippen molar-refractivity contribution in [3.8, 4) is 0 Å². The van der Waals surface area contributed by atoms with Crippen molar-refractivity contribution in [3.05, 3.63) is 0 Å². The van der Waals surface area contributed by atoms with Crippen LogP contribution in [0.25, 0.3) is 0 Å². The Balaban J connectivity index is 3.00. The maximum absolute atomic E-state index is 14.7. The number of amides is 2. The Kier molecular flexibility index (Phi) is 37.2. The predicted molar refractivity (Wildman–Crippen MR) is 268 cm³/mol. The molecule has 1 rings (SSSR count). The van der Waals surface area contributed by atoms with Crippen LogP contribution in [0.5, 0.6) is 0 Å². The van der Waals surface area contributed by atoms with Crippen molar-refractivity contribution in [3.63, 3.8) is 0 Å². The summed E-state index contributed by atoms with van der Waals surface area (Å²) in [5.41, 5.74) is 7.13. The van der Waals surface area contributed by atoms with Gasteiger partial charge in [-0.25, -0.2) is 0 Å². The lowest BCUT2D eigenvalue weighted by molar-refractivity contribution is -0.292. The lowest BCUT2D eigenvalue weighted by atomic mass is 9.79. The largest absolute Gasteiger partial charge is 0.481 e. The number of nitrogens with one attached hydrogen (secondary N) is 1. The molecule has 0 spiro atoms. The Labute approximate surface area is 403 Å². The van der Waals surface area contributed by atoms with Crippen molar-refractivity contribution < 1.29 is 44.3 Å². The molecule has 0 bridgehead atoms. The normalized spacial score (nSPS) is 20.1. The number of aliphatic carboxylic acids is 1. The molecule has 0 aromatic heterocycles. The molecule has 1 aliphatic heterocycles. The van der Waals surface area contributed by atoms with Crippen molar-refractivity contribution >= 4 is 23.6 Å². The monoisotopic (exact) mass is 938 g/mol. The van der Waals surface area contributed by atoms with Crippen molar-refractivity contribution in [2.24, 2.45) is 17.6 Å². The number of nitrogens with zero attached hydrogens (tertiary/aromatic N) is 1. The zero-order valence-electron chi connectivity index (χ0n) is 42.9. The molecule has 1 aliphatic rings. The SMILES string of the molecule is CCCCCCCCCCCCCCCCCCN(C(=O)CCCCCCCCCCCCCCCCC)[C@]1(N)O[C@H](CO)[C@@H](O)[C@H](O)[C@H]1C(=O)[C@H](CC(C)C)NC(=O)CCCCC(=O)O. The minimum absolute atomic E-state index is 0.00494. The van der Waals surface area contributed by atoms with Gasteiger partial charge in [-0.1, -0.05) is 214 Å². The fraction of sp³-hybridized carbons (Fsp3) is 0.926. The third-order valence-electron chi connectivity index (χ3n) is 13.7. The van der Waals surface area contributed by atoms with Gasteiger partial charge in [-0.3, -0.25) is 24.9 Å². The molecule has 1 saturated heterocycles. The number of carbonyl (C=O) groups excluding carboxylic acids is 3. The van der Waals surface area contributed by atoms with E-state index < -0.39 is 60.4 Å². The smallest absolute Gasteiger partial charge is 0.303 e. The highest BCUT2D eigenvalue weighted by molar-refractivity contribution is 5.92. The van der Waals surface area contributed by atoms with Crippen LogP contribution in [0.2, 0.25) is 0 Å². The summed E-state index contributed by atoms with van der Waals surface area (Å²) in [7, 11) is 0. The maximum atomic E-state index is 14.7. The summed E-state index contributed by atoms with van der Waals surface area (Å²) >= 11 is 0. The number of carbonyl (C=O) groups is 4. The van der Waals surface area contributed by atoms with Crippen molar-refractivity contribution in [1.82, 2.24) is 10.2 Å². The Morgan fingerprint density at radius 3 is 1.35 bits per heavy atom. The van der Waals surface area contributed by atoms with Gasteiger partial charge < -0.3 is 35.4 Å². The third-order valence-corrected chi connectivity index (χ3v) is 13.7. The van der Waals surface area contributed by atoms with E-state index in [-0.39, 0.29) is 44.1 Å². The molecule has 66 heavy (non-hydrogen) atoms. The molecule has 0 aromatic carbocycles. The van der Waals surface area contributed by atoms with Crippen LogP contribution in [0.1, 0.15) is 265 Å². The molecule has 2 amide bonds. The second kappa shape index (κ2) is 39.7. The molecule has 0 unspecified atom stereocenters. The van der Waals surface area contributed by atoms with Gasteiger partial charge in [-0.2, -0.15) is 0 Å². The molecule has 0 radical (unpaired) electrons. The number of aliphatic hydroxyl groups is 3. The number of unbranched alkanes of at least 4 members (excludes halogenated alkanes) is 30. The van der Waals surface area contributed by atoms with Gasteiger partial charge in [-0.05, 0) is 38.0 Å². The summed E-state index contributed by atoms with van der Waals surface area (Å²) in [5.74, 6) is -6.27. The first-order chi connectivity index (χ1) is 31.8. The number of rotatable bonds is 45. The first kappa shape index (κ1) is 61.9. The molecular formula is C54H103N3O9. The van der Waals surface area contributed by atoms with E-state index in [4.69, 9.17) is 15.6 Å². The summed E-state index contributed by atoms with van der Waals surface area (Å²) in [6, 6.07) is -1.12. The van der Waals surface area contributed by atoms with Gasteiger partial charge >= 0.3 is 5.97 Å². The number of aliphatic hydroxyl groups excluding tert-OH is 3. The fourth-order valence-electron chi connectivity index (χ4n) is 9.65. The van der Waals surface area contributed by atoms with E-state index in [1.165, 1.54) is 146 Å². The maximum Gasteiger partial charge on any atom is 0.303 e. The van der Waals surface area contributed by atoms with Crippen LogP contribution in [-0.4, -0.2) is 92.2 Å². The number of carboxylic acids is 1. The highest BCUT2D eigenvalue weighted by Crippen LogP contribution is 2.37. The van der Waals surface area contributed by atoms with E-state index in [2.05, 4.69) is 19.2 Å². The van der Waals surface area contributed by atoms with E-state index in [0.29, 0.717) is 25.7 Å². The first-order valence-electron chi connectivity index (χ1n) is 27.6. The minimum atomic E-state index is -2.20. The number of carboxylic acid groups (broad SMARTS) is 1. The molecule has 0 aromatic rings. The van der Waals surface area contributed by atoms with E-state index in [9.17, 15) is 34.5 Å². The Bertz CT molecular complexity index is 1240. The van der Waals surface area contributed by atoms with Crippen molar-refractivity contribution in [1.29, 1.82) is 0 Å². The number of nitrogens with two attached hydrogens (primary N) is 1. The second-order valence-electron chi connectivity index (χ2n) is 20.4. The van der Waals surface area contributed by atoms with Gasteiger partial charge in [-0.15, -0.1) is 0 Å². The summed E-state index contributed by atoms with van der Waals surface area (Å²) in [6.45, 7) is 7.77. The fourth-order valence-corrected chi connectivity index (χ4v) is 9.65. The highest BCUT2D eigenvalue weighted by Gasteiger charge is 2.59. The molecule has 0 aliphatic carbocycles. The van der Waals surface area contributed by atoms with Gasteiger partial charge in [0, 0.05) is 25.8 Å². The molecular weight excluding hydrogens is 835 g/mol. The molecule has 12 heteroatoms. The van der Waals surface area contributed by atoms with Gasteiger partial charge in [0.25, 0.3) is 0 Å². The lowest BCUT2D eigenvalue weighted by Crippen LogP contribution is -2.76. The lowest BCUT2D eigenvalue weighted by Gasteiger charge is -2.53. The number of ketones is 1. The van der Waals surface area contributed by atoms with Gasteiger partial charge in [0.15, 0.2) is 5.78 Å². The van der Waals surface area contributed by atoms with Crippen LogP contribution in [0.3, 0.4) is 0 Å². The van der Waals surface area contributed by atoms with Crippen LogP contribution < -0.4 is 11.1 Å². The van der Waals surface area contributed by atoms with Crippen LogP contribution in [0.15, 0.2) is 0 Å². The van der Waals surface area contributed by atoms with Crippen LogP contribution in [0.4, 0.5) is 0 Å². The number of hydrogen-bond acceptors (Lipinski definition) is 9. The first-order valence-corrected chi connectivity index (χ1v) is 27.6. The zero-order valence-corrected chi connectivity index (χ0v) is 42.9. The van der Waals surface area contributed by atoms with Gasteiger partial charge in [0.1, 0.15) is 18.1 Å². The Hall–Kier alpha value is -2.12. The van der Waals surface area contributed by atoms with Gasteiger partial charge in [0.05, 0.1) is 18.8 Å². The molecule has 388 valence electrons. The topological polar surface area (TPSA) is 200 Å². The summed E-state index contributed by atoms with van der Waals surface area (Å²) in [4.78, 5) is 54.6. The van der Waals surface area contributed by atoms with Crippen LogP contribution >= 0.6 is 0 Å². The minimum Gasteiger partial charge on any atom is -0.481 e. The highest BCUT2D eigenvalue weighted by atomic mass is 16.6. The molecule has 12 nitrogen and oxygen atoms in total. The summed E-state index contributed by atoms with van der Waals surface area (Å²) in [5, 5.41) is 44.9. The van der Waals surface area contributed by atoms with Gasteiger partial charge in [0.2, 0.25) is 17.7 Å². The van der Waals surface area contributed by atoms with Crippen LogP contribution in [-0.2, 0) is 23.9 Å². The summed E-state index contributed by atoms with van der Waals surface area (Å²) in [6.07, 6.45) is 33.2. The van der Waals surface area contributed by atoms with E-state index in [0.717, 1.165) is 44.9 Å². The number of hydrogen-bond donors (Lipinski definition) is 6. The number of Topliss-reactive ketones (excluding diaryl/α,β-unsaturated/α-hetero) is 1. The molecule has 6 atom stereocenters. The molecule has 1 heterocycles. The summed E-state index contributed by atoms with van der Waals surface area (Å²) < 4.78 is 6.23. The quantitative estimate of drug-likeness (QED) is 0.0252. The standard InChI is InChI=1S/C54H103N3O9/c1-5-7-9-11-13-15-17-19-21-23-25-27-29-31-33-37-41-57(48(60)39-34-32-30-28-26-24-22-20-18-16-14-12-10-8-6-2)54(55)50(53(65)52(64)46(43-58)66-54)51(63)45(42-44(3)4)56-47(59)38-35-36-40-49(61)62/h44-46,50,52-53,58,64-65H,5-43,55H2,1-4H3,(H,56,59)(H,61,62)/t45-,46+,50+,52+,53+,54-/m0/s1. The average Bonchev–Trinajstić information content (AvgIpc) is 3.28. The van der Waals surface area contributed by atoms with Crippen molar-refractivity contribution in [2.75, 3.05) is 13.2 Å². The van der Waals surface area contributed by atoms with Crippen LogP contribution in [0, 0.1) is 11.8 Å². The number of ether oxygens (including phenoxy) is 1. The Morgan fingerprint density at radius 1 is 0.576 bits per heavy atom. The van der Waals surface area contributed by atoms with Crippen molar-refractivity contribution in [2.45, 2.75) is 295 Å².